The van der Waals surface area contributed by atoms with Crippen molar-refractivity contribution in [3.05, 3.63) is 58.9 Å². The van der Waals surface area contributed by atoms with Gasteiger partial charge >= 0.3 is 0 Å². The van der Waals surface area contributed by atoms with Crippen molar-refractivity contribution in [3.63, 3.8) is 0 Å². The van der Waals surface area contributed by atoms with E-state index >= 15 is 0 Å². The van der Waals surface area contributed by atoms with E-state index in [-0.39, 0.29) is 5.43 Å². The number of hydrogen-bond donors (Lipinski definition) is 1. The third kappa shape index (κ3) is 2.60. The Morgan fingerprint density at radius 2 is 1.95 bits per heavy atom. The van der Waals surface area contributed by atoms with Crippen LogP contribution in [0, 0.1) is 0 Å². The smallest absolute Gasteiger partial charge is 0.193 e. The lowest BCUT2D eigenvalue weighted by Crippen LogP contribution is -2.11. The topological polar surface area (TPSA) is 60.9 Å². The average Bonchev–Trinajstić information content (AvgIpc) is 2.54. The van der Waals surface area contributed by atoms with Crippen LogP contribution < -0.4 is 11.2 Å². The highest BCUT2D eigenvalue weighted by molar-refractivity contribution is 5.91. The van der Waals surface area contributed by atoms with Crippen LogP contribution in [-0.4, -0.2) is 9.55 Å². The molecule has 1 aromatic carbocycles. The summed E-state index contributed by atoms with van der Waals surface area (Å²) in [6.07, 6.45) is 4.00. The second kappa shape index (κ2) is 6.02. The summed E-state index contributed by atoms with van der Waals surface area (Å²) < 4.78 is 2.09. The van der Waals surface area contributed by atoms with Crippen molar-refractivity contribution < 1.29 is 0 Å². The molecule has 0 unspecified atom stereocenters. The van der Waals surface area contributed by atoms with Gasteiger partial charge in [-0.15, -0.1) is 0 Å². The largest absolute Gasteiger partial charge is 0.383 e. The van der Waals surface area contributed by atoms with Crippen LogP contribution in [0.1, 0.15) is 19.8 Å². The first-order valence-electron chi connectivity index (χ1n) is 7.56. The molecular formula is C18H19N3O. The van der Waals surface area contributed by atoms with Crippen LogP contribution in [0.3, 0.4) is 0 Å². The number of anilines is 1. The van der Waals surface area contributed by atoms with Gasteiger partial charge < -0.3 is 10.3 Å². The fourth-order valence-corrected chi connectivity index (χ4v) is 2.63. The molecule has 0 aliphatic carbocycles. The molecule has 3 rings (SSSR count). The SMILES string of the molecule is CCCCn1ccc(=O)c2c(N)nc(-c3ccccc3)cc21. The van der Waals surface area contributed by atoms with Crippen LogP contribution in [0.25, 0.3) is 22.2 Å². The van der Waals surface area contributed by atoms with Gasteiger partial charge in [0.1, 0.15) is 5.82 Å². The molecule has 0 amide bonds. The maximum Gasteiger partial charge on any atom is 0.193 e. The second-order valence-corrected chi connectivity index (χ2v) is 5.38. The van der Waals surface area contributed by atoms with Gasteiger partial charge in [-0.3, -0.25) is 4.79 Å². The van der Waals surface area contributed by atoms with Crippen LogP contribution in [0.15, 0.2) is 53.5 Å². The van der Waals surface area contributed by atoms with Crippen LogP contribution in [-0.2, 0) is 6.54 Å². The Labute approximate surface area is 129 Å². The molecular weight excluding hydrogens is 274 g/mol. The number of benzene rings is 1. The van der Waals surface area contributed by atoms with Crippen LogP contribution in [0.2, 0.25) is 0 Å². The molecule has 0 saturated carbocycles. The molecule has 22 heavy (non-hydrogen) atoms. The van der Waals surface area contributed by atoms with E-state index in [1.807, 2.05) is 42.6 Å². The molecule has 0 spiro atoms. The van der Waals surface area contributed by atoms with Crippen molar-refractivity contribution in [2.75, 3.05) is 5.73 Å². The summed E-state index contributed by atoms with van der Waals surface area (Å²) in [5.74, 6) is 0.298. The number of nitrogens with two attached hydrogens (primary N) is 1. The summed E-state index contributed by atoms with van der Waals surface area (Å²) in [5, 5.41) is 0.512. The number of unbranched alkanes of at least 4 members (excludes halogenated alkanes) is 1. The Hall–Kier alpha value is -2.62. The van der Waals surface area contributed by atoms with Crippen molar-refractivity contribution in [2.24, 2.45) is 0 Å². The molecule has 2 aromatic heterocycles. The Bertz CT molecular complexity index is 853. The van der Waals surface area contributed by atoms with Gasteiger partial charge in [-0.1, -0.05) is 43.7 Å². The molecule has 4 nitrogen and oxygen atoms in total. The minimum atomic E-state index is -0.0765. The summed E-state index contributed by atoms with van der Waals surface area (Å²) in [7, 11) is 0. The van der Waals surface area contributed by atoms with E-state index in [0.29, 0.717) is 11.2 Å². The highest BCUT2D eigenvalue weighted by Crippen LogP contribution is 2.24. The summed E-state index contributed by atoms with van der Waals surface area (Å²) in [5.41, 5.74) is 8.63. The van der Waals surface area contributed by atoms with Crippen LogP contribution in [0.5, 0.6) is 0 Å². The predicted octanol–water partition coefficient (Wildman–Crippen LogP) is 3.45. The molecule has 3 aromatic rings. The van der Waals surface area contributed by atoms with Gasteiger partial charge in [-0.25, -0.2) is 4.98 Å². The molecule has 0 radical (unpaired) electrons. The van der Waals surface area contributed by atoms with Crippen molar-refractivity contribution in [1.82, 2.24) is 9.55 Å². The highest BCUT2D eigenvalue weighted by atomic mass is 16.1. The lowest BCUT2D eigenvalue weighted by Gasteiger charge is -2.13. The first-order chi connectivity index (χ1) is 10.7. The zero-order valence-corrected chi connectivity index (χ0v) is 12.6. The summed E-state index contributed by atoms with van der Waals surface area (Å²) in [6.45, 7) is 3.01. The van der Waals surface area contributed by atoms with Gasteiger partial charge in [-0.05, 0) is 12.5 Å². The van der Waals surface area contributed by atoms with Gasteiger partial charge in [-0.2, -0.15) is 0 Å². The number of nitrogen functional groups attached to an aromatic ring is 1. The number of pyridine rings is 2. The quantitative estimate of drug-likeness (QED) is 0.801. The maximum atomic E-state index is 12.1. The zero-order valence-electron chi connectivity index (χ0n) is 12.6. The summed E-state index contributed by atoms with van der Waals surface area (Å²) >= 11 is 0. The second-order valence-electron chi connectivity index (χ2n) is 5.38. The fraction of sp³-hybridized carbons (Fsp3) is 0.222. The Kier molecular flexibility index (Phi) is 3.92. The molecule has 2 heterocycles. The van der Waals surface area contributed by atoms with Crippen molar-refractivity contribution in [1.29, 1.82) is 0 Å². The van der Waals surface area contributed by atoms with Gasteiger partial charge in [0.25, 0.3) is 0 Å². The number of rotatable bonds is 4. The van der Waals surface area contributed by atoms with E-state index in [4.69, 9.17) is 5.73 Å². The lowest BCUT2D eigenvalue weighted by molar-refractivity contribution is 0.646. The summed E-state index contributed by atoms with van der Waals surface area (Å²) in [6, 6.07) is 13.4. The minimum absolute atomic E-state index is 0.0765. The normalized spacial score (nSPS) is 11.0. The first kappa shape index (κ1) is 14.3. The molecule has 2 N–H and O–H groups in total. The van der Waals surface area contributed by atoms with Crippen LogP contribution in [0.4, 0.5) is 5.82 Å². The van der Waals surface area contributed by atoms with Crippen LogP contribution >= 0.6 is 0 Å². The molecule has 112 valence electrons. The first-order valence-corrected chi connectivity index (χ1v) is 7.56. The highest BCUT2D eigenvalue weighted by Gasteiger charge is 2.10. The Morgan fingerprint density at radius 1 is 1.18 bits per heavy atom. The molecule has 0 atom stereocenters. The minimum Gasteiger partial charge on any atom is -0.383 e. The van der Waals surface area contributed by atoms with Gasteiger partial charge in [0.2, 0.25) is 0 Å². The number of fused-ring (bicyclic) bond motifs is 1. The number of nitrogens with zero attached hydrogens (tertiary/aromatic N) is 2. The van der Waals surface area contributed by atoms with Crippen molar-refractivity contribution in [3.8, 4) is 11.3 Å². The van der Waals surface area contributed by atoms with E-state index in [2.05, 4.69) is 16.5 Å². The molecule has 0 aliphatic heterocycles. The van der Waals surface area contributed by atoms with Crippen molar-refractivity contribution in [2.45, 2.75) is 26.3 Å². The molecule has 0 fully saturated rings. The number of aromatic nitrogens is 2. The molecule has 4 heteroatoms. The van der Waals surface area contributed by atoms with E-state index in [1.165, 1.54) is 0 Å². The van der Waals surface area contributed by atoms with E-state index < -0.39 is 0 Å². The van der Waals surface area contributed by atoms with Gasteiger partial charge in [0, 0.05) is 24.4 Å². The average molecular weight is 293 g/mol. The maximum absolute atomic E-state index is 12.1. The monoisotopic (exact) mass is 293 g/mol. The van der Waals surface area contributed by atoms with Crippen molar-refractivity contribution >= 4 is 16.7 Å². The fourth-order valence-electron chi connectivity index (χ4n) is 2.63. The summed E-state index contributed by atoms with van der Waals surface area (Å²) in [4.78, 5) is 16.6. The van der Waals surface area contributed by atoms with E-state index in [1.54, 1.807) is 6.07 Å². The molecule has 0 saturated heterocycles. The predicted molar refractivity (Wildman–Crippen MR) is 90.8 cm³/mol. The Balaban J connectivity index is 2.25. The van der Waals surface area contributed by atoms with Gasteiger partial charge in [0.15, 0.2) is 5.43 Å². The molecule has 0 aliphatic rings. The Morgan fingerprint density at radius 3 is 2.68 bits per heavy atom. The zero-order chi connectivity index (χ0) is 15.5. The third-order valence-corrected chi connectivity index (χ3v) is 3.81. The van der Waals surface area contributed by atoms with E-state index in [9.17, 15) is 4.79 Å². The van der Waals surface area contributed by atoms with E-state index in [0.717, 1.165) is 36.2 Å². The standard InChI is InChI=1S/C18H19N3O/c1-2-3-10-21-11-9-16(22)17-15(21)12-14(20-18(17)19)13-7-5-4-6-8-13/h4-9,11-12H,2-3,10H2,1H3,(H2,19,20). The third-order valence-electron chi connectivity index (χ3n) is 3.81. The van der Waals surface area contributed by atoms with Gasteiger partial charge in [0.05, 0.1) is 16.6 Å². The number of hydrogen-bond acceptors (Lipinski definition) is 3. The molecule has 0 bridgehead atoms. The lowest BCUT2D eigenvalue weighted by atomic mass is 10.1. The number of aryl methyl sites for hydroxylation is 1.